The molecule has 0 spiro atoms. The summed E-state index contributed by atoms with van der Waals surface area (Å²) < 4.78 is 11.6. The van der Waals surface area contributed by atoms with Crippen molar-refractivity contribution < 1.29 is 34.7 Å². The smallest absolute Gasteiger partial charge is 0.339 e. The molecular weight excluding hydrogens is 366 g/mol. The Hall–Kier alpha value is -2.13. The van der Waals surface area contributed by atoms with E-state index in [-0.39, 0.29) is 5.75 Å². The van der Waals surface area contributed by atoms with Gasteiger partial charge in [0.1, 0.15) is 17.0 Å². The van der Waals surface area contributed by atoms with Crippen molar-refractivity contribution in [2.45, 2.75) is 69.7 Å². The minimum Gasteiger partial charge on any atom is -0.479 e. The number of hydrogen-bond acceptors (Lipinski definition) is 7. The first kappa shape index (κ1) is 22.2. The molecule has 1 aliphatic heterocycles. The van der Waals surface area contributed by atoms with Crippen LogP contribution in [0.2, 0.25) is 0 Å². The standard InChI is InChI=1S/C20H29NO7/c1-8-21-14-10-9-13(11-12(14)2)27-20(7)19(6,26)18(5,25)17(4,24)16(3,28-20)15(22)23/h8-11,21,24-26H,1H2,2-7H3,(H,22,23). The average molecular weight is 395 g/mol. The number of ether oxygens (including phenoxy) is 2. The molecule has 1 aliphatic rings. The summed E-state index contributed by atoms with van der Waals surface area (Å²) in [7, 11) is 0. The number of carbonyl (C=O) groups is 1. The van der Waals surface area contributed by atoms with Crippen LogP contribution in [-0.2, 0) is 9.53 Å². The van der Waals surface area contributed by atoms with Crippen LogP contribution in [0.15, 0.2) is 31.0 Å². The molecule has 1 aromatic carbocycles. The van der Waals surface area contributed by atoms with Crippen molar-refractivity contribution in [3.05, 3.63) is 36.5 Å². The minimum atomic E-state index is -2.34. The topological polar surface area (TPSA) is 128 Å². The largest absolute Gasteiger partial charge is 0.479 e. The summed E-state index contributed by atoms with van der Waals surface area (Å²) in [5, 5.41) is 45.8. The van der Waals surface area contributed by atoms with Crippen LogP contribution in [0.3, 0.4) is 0 Å². The maximum absolute atomic E-state index is 12.0. The molecule has 5 atom stereocenters. The van der Waals surface area contributed by atoms with Crippen LogP contribution in [0.4, 0.5) is 5.69 Å². The monoisotopic (exact) mass is 395 g/mol. The Balaban J connectivity index is 2.57. The predicted octanol–water partition coefficient (Wildman–Crippen LogP) is 1.77. The number of anilines is 1. The number of benzene rings is 1. The van der Waals surface area contributed by atoms with Gasteiger partial charge in [0.15, 0.2) is 11.2 Å². The molecule has 8 nitrogen and oxygen atoms in total. The van der Waals surface area contributed by atoms with Gasteiger partial charge in [-0.1, -0.05) is 6.58 Å². The lowest BCUT2D eigenvalue weighted by molar-refractivity contribution is -0.430. The third-order valence-electron chi connectivity index (χ3n) is 6.28. The Bertz CT molecular complexity index is 802. The van der Waals surface area contributed by atoms with Crippen LogP contribution in [0.1, 0.15) is 40.2 Å². The first-order valence-corrected chi connectivity index (χ1v) is 8.85. The van der Waals surface area contributed by atoms with Crippen molar-refractivity contribution in [3.63, 3.8) is 0 Å². The maximum atomic E-state index is 12.0. The Labute approximate surface area is 164 Å². The number of aryl methyl sites for hydroxylation is 1. The van der Waals surface area contributed by atoms with E-state index in [4.69, 9.17) is 9.47 Å². The van der Waals surface area contributed by atoms with Gasteiger partial charge in [0.2, 0.25) is 5.79 Å². The number of carboxylic acid groups (broad SMARTS) is 1. The van der Waals surface area contributed by atoms with Crippen molar-refractivity contribution in [2.75, 3.05) is 5.32 Å². The van der Waals surface area contributed by atoms with Crippen LogP contribution < -0.4 is 10.1 Å². The van der Waals surface area contributed by atoms with Gasteiger partial charge in [-0.15, -0.1) is 0 Å². The van der Waals surface area contributed by atoms with Gasteiger partial charge in [0.05, 0.1) is 0 Å². The molecule has 5 unspecified atom stereocenters. The molecule has 1 heterocycles. The van der Waals surface area contributed by atoms with Crippen molar-refractivity contribution in [3.8, 4) is 5.75 Å². The molecule has 0 saturated carbocycles. The highest BCUT2D eigenvalue weighted by molar-refractivity contribution is 5.79. The second kappa shape index (κ2) is 6.45. The lowest BCUT2D eigenvalue weighted by Crippen LogP contribution is -2.86. The fourth-order valence-electron chi connectivity index (χ4n) is 3.54. The van der Waals surface area contributed by atoms with E-state index in [1.807, 2.05) is 6.92 Å². The van der Waals surface area contributed by atoms with Crippen molar-refractivity contribution in [1.29, 1.82) is 0 Å². The summed E-state index contributed by atoms with van der Waals surface area (Å²) in [6.45, 7) is 11.4. The zero-order valence-electron chi connectivity index (χ0n) is 17.0. The summed E-state index contributed by atoms with van der Waals surface area (Å²) in [4.78, 5) is 12.0. The van der Waals surface area contributed by atoms with Crippen LogP contribution in [0.5, 0.6) is 5.75 Å². The molecule has 5 N–H and O–H groups in total. The molecule has 0 bridgehead atoms. The average Bonchev–Trinajstić information content (AvgIpc) is 2.55. The highest BCUT2D eigenvalue weighted by Gasteiger charge is 2.77. The van der Waals surface area contributed by atoms with E-state index in [1.165, 1.54) is 20.0 Å². The highest BCUT2D eigenvalue weighted by Crippen LogP contribution is 2.54. The van der Waals surface area contributed by atoms with E-state index in [0.29, 0.717) is 0 Å². The summed E-state index contributed by atoms with van der Waals surface area (Å²) in [6, 6.07) is 4.98. The molecule has 2 rings (SSSR count). The van der Waals surface area contributed by atoms with Crippen molar-refractivity contribution in [2.24, 2.45) is 0 Å². The summed E-state index contributed by atoms with van der Waals surface area (Å²) in [5.41, 5.74) is -7.52. The fraction of sp³-hybridized carbons (Fsp3) is 0.550. The van der Waals surface area contributed by atoms with E-state index in [9.17, 15) is 25.2 Å². The lowest BCUT2D eigenvalue weighted by Gasteiger charge is -2.63. The van der Waals surface area contributed by atoms with E-state index >= 15 is 0 Å². The molecule has 0 aromatic heterocycles. The van der Waals surface area contributed by atoms with E-state index in [0.717, 1.165) is 32.0 Å². The zero-order chi connectivity index (χ0) is 21.8. The Kier molecular flexibility index (Phi) is 5.11. The van der Waals surface area contributed by atoms with Crippen LogP contribution in [0, 0.1) is 6.92 Å². The summed E-state index contributed by atoms with van der Waals surface area (Å²) in [6.07, 6.45) is 1.52. The molecule has 1 aromatic rings. The van der Waals surface area contributed by atoms with Gasteiger partial charge < -0.3 is 35.2 Å². The molecule has 0 radical (unpaired) electrons. The van der Waals surface area contributed by atoms with Gasteiger partial charge in [-0.05, 0) is 64.6 Å². The first-order valence-electron chi connectivity index (χ1n) is 8.85. The van der Waals surface area contributed by atoms with Gasteiger partial charge in [-0.25, -0.2) is 4.79 Å². The zero-order valence-corrected chi connectivity index (χ0v) is 17.0. The van der Waals surface area contributed by atoms with Crippen LogP contribution in [-0.4, -0.2) is 54.6 Å². The van der Waals surface area contributed by atoms with Crippen molar-refractivity contribution >= 4 is 11.7 Å². The third-order valence-corrected chi connectivity index (χ3v) is 6.28. The number of aliphatic hydroxyl groups is 3. The molecule has 1 fully saturated rings. The highest BCUT2D eigenvalue weighted by atomic mass is 16.7. The number of nitrogens with one attached hydrogen (secondary N) is 1. The first-order chi connectivity index (χ1) is 12.6. The van der Waals surface area contributed by atoms with Gasteiger partial charge in [0.25, 0.3) is 0 Å². The molecule has 156 valence electrons. The maximum Gasteiger partial charge on any atom is 0.339 e. The number of aliphatic carboxylic acids is 1. The van der Waals surface area contributed by atoms with Gasteiger partial charge in [-0.2, -0.15) is 0 Å². The fourth-order valence-corrected chi connectivity index (χ4v) is 3.54. The molecule has 0 aliphatic carbocycles. The third kappa shape index (κ3) is 2.79. The van der Waals surface area contributed by atoms with Gasteiger partial charge in [0, 0.05) is 12.6 Å². The quantitative estimate of drug-likeness (QED) is 0.510. The Morgan fingerprint density at radius 2 is 1.68 bits per heavy atom. The van der Waals surface area contributed by atoms with E-state index < -0.39 is 34.2 Å². The van der Waals surface area contributed by atoms with E-state index in [1.54, 1.807) is 18.2 Å². The molecule has 28 heavy (non-hydrogen) atoms. The molecule has 0 amide bonds. The second-order valence-electron chi connectivity index (χ2n) is 8.03. The van der Waals surface area contributed by atoms with Gasteiger partial charge in [-0.3, -0.25) is 0 Å². The minimum absolute atomic E-state index is 0.278. The molecule has 8 heteroatoms. The van der Waals surface area contributed by atoms with Crippen molar-refractivity contribution in [1.82, 2.24) is 0 Å². The Morgan fingerprint density at radius 1 is 1.11 bits per heavy atom. The predicted molar refractivity (Wildman–Crippen MR) is 103 cm³/mol. The summed E-state index contributed by atoms with van der Waals surface area (Å²) in [5.74, 6) is -3.24. The molecular formula is C20H29NO7. The lowest BCUT2D eigenvalue weighted by atomic mass is 9.61. The Morgan fingerprint density at radius 3 is 2.14 bits per heavy atom. The van der Waals surface area contributed by atoms with Crippen LogP contribution >= 0.6 is 0 Å². The number of rotatable bonds is 5. The van der Waals surface area contributed by atoms with E-state index in [2.05, 4.69) is 11.9 Å². The second-order valence-corrected chi connectivity index (χ2v) is 8.03. The summed E-state index contributed by atoms with van der Waals surface area (Å²) >= 11 is 0. The normalized spacial score (nSPS) is 40.6. The van der Waals surface area contributed by atoms with Crippen LogP contribution in [0.25, 0.3) is 0 Å². The molecule has 1 saturated heterocycles. The number of carboxylic acids is 1. The van der Waals surface area contributed by atoms with Gasteiger partial charge >= 0.3 is 5.97 Å². The number of hydrogen-bond donors (Lipinski definition) is 5. The SMILES string of the molecule is C=CNc1ccc(OC2(C)OC(C)(C(=O)O)C(C)(O)C(C)(O)C2(C)O)cc1C.